The maximum atomic E-state index is 12.8. The number of rotatable bonds is 4. The van der Waals surface area contributed by atoms with E-state index in [0.29, 0.717) is 5.70 Å². The Morgan fingerprint density at radius 3 is 2.16 bits per heavy atom. The zero-order chi connectivity index (χ0) is 17.2. The molecule has 0 aromatic heterocycles. The van der Waals surface area contributed by atoms with Crippen LogP contribution in [0.2, 0.25) is 0 Å². The Bertz CT molecular complexity index is 780. The van der Waals surface area contributed by atoms with Gasteiger partial charge in [-0.25, -0.2) is 4.79 Å². The van der Waals surface area contributed by atoms with Crippen LogP contribution in [0.25, 0.3) is 0 Å². The van der Waals surface area contributed by atoms with Crippen molar-refractivity contribution in [2.45, 2.75) is 17.9 Å². The van der Waals surface area contributed by atoms with Crippen LogP contribution in [0.15, 0.2) is 72.4 Å². The molecule has 1 saturated heterocycles. The fraction of sp³-hybridized carbons (Fsp3) is 0.200. The highest BCUT2D eigenvalue weighted by Gasteiger charge is 2.39. The summed E-state index contributed by atoms with van der Waals surface area (Å²) in [5.74, 6) is -0.448. The third-order valence-corrected chi connectivity index (χ3v) is 5.53. The minimum atomic E-state index is -0.500. The molecule has 4 nitrogen and oxygen atoms in total. The molecule has 1 fully saturated rings. The third-order valence-electron chi connectivity index (χ3n) is 4.42. The summed E-state index contributed by atoms with van der Waals surface area (Å²) in [5, 5.41) is -0.00387. The van der Waals surface area contributed by atoms with Crippen molar-refractivity contribution in [1.82, 2.24) is 4.90 Å². The van der Waals surface area contributed by atoms with E-state index in [9.17, 15) is 9.59 Å². The van der Waals surface area contributed by atoms with Crippen LogP contribution in [-0.4, -0.2) is 27.9 Å². The maximum absolute atomic E-state index is 12.8. The monoisotopic (exact) mass is 351 g/mol. The summed E-state index contributed by atoms with van der Waals surface area (Å²) in [5.41, 5.74) is 2.18. The molecule has 2 aliphatic heterocycles. The van der Waals surface area contributed by atoms with E-state index < -0.39 is 12.1 Å². The van der Waals surface area contributed by atoms with Crippen molar-refractivity contribution >= 4 is 22.8 Å². The summed E-state index contributed by atoms with van der Waals surface area (Å²) in [6.07, 6.45) is 1.82. The first-order chi connectivity index (χ1) is 12.2. The molecule has 126 valence electrons. The topological polar surface area (TPSA) is 46.6 Å². The molecule has 0 aliphatic carbocycles. The molecule has 0 N–H and O–H groups in total. The summed E-state index contributed by atoms with van der Waals surface area (Å²) in [6, 6.07) is 19.3. The van der Waals surface area contributed by atoms with Gasteiger partial charge in [0.15, 0.2) is 6.10 Å². The molecule has 0 amide bonds. The molecule has 0 spiro atoms. The molecule has 2 aliphatic rings. The zero-order valence-corrected chi connectivity index (χ0v) is 14.3. The number of benzene rings is 2. The van der Waals surface area contributed by atoms with Crippen molar-refractivity contribution in [3.63, 3.8) is 0 Å². The highest BCUT2D eigenvalue weighted by atomic mass is 32.2. The molecule has 0 radical (unpaired) electrons. The Morgan fingerprint density at radius 1 is 1.04 bits per heavy atom. The van der Waals surface area contributed by atoms with E-state index in [1.165, 1.54) is 17.8 Å². The average Bonchev–Trinajstić information content (AvgIpc) is 2.63. The summed E-state index contributed by atoms with van der Waals surface area (Å²) in [6.45, 7) is 0.785. The predicted octanol–water partition coefficient (Wildman–Crippen LogP) is 3.51. The second kappa shape index (κ2) is 6.76. The van der Waals surface area contributed by atoms with Gasteiger partial charge in [-0.05, 0) is 17.5 Å². The summed E-state index contributed by atoms with van der Waals surface area (Å²) < 4.78 is 5.85. The second-order valence-corrected chi connectivity index (χ2v) is 7.19. The smallest absolute Gasteiger partial charge is 0.355 e. The van der Waals surface area contributed by atoms with E-state index in [1.807, 2.05) is 65.6 Å². The van der Waals surface area contributed by atoms with E-state index in [-0.39, 0.29) is 10.5 Å². The zero-order valence-electron chi connectivity index (χ0n) is 13.5. The molecule has 25 heavy (non-hydrogen) atoms. The normalized spacial score (nSPS) is 19.1. The maximum Gasteiger partial charge on any atom is 0.355 e. The molecule has 1 unspecified atom stereocenters. The van der Waals surface area contributed by atoms with Gasteiger partial charge in [-0.3, -0.25) is 4.79 Å². The van der Waals surface area contributed by atoms with Crippen LogP contribution in [0.1, 0.15) is 23.7 Å². The number of carbonyl (C=O) groups excluding carboxylic acids is 2. The van der Waals surface area contributed by atoms with Crippen LogP contribution >= 0.6 is 11.8 Å². The van der Waals surface area contributed by atoms with E-state index in [2.05, 4.69) is 0 Å². The van der Waals surface area contributed by atoms with Crippen molar-refractivity contribution in [3.8, 4) is 0 Å². The van der Waals surface area contributed by atoms with Crippen LogP contribution < -0.4 is 0 Å². The van der Waals surface area contributed by atoms with Gasteiger partial charge in [0.05, 0.1) is 5.37 Å². The number of hydrogen-bond donors (Lipinski definition) is 0. The molecule has 0 saturated carbocycles. The Kier molecular flexibility index (Phi) is 4.32. The Hall–Kier alpha value is -2.53. The summed E-state index contributed by atoms with van der Waals surface area (Å²) >= 11 is 1.27. The van der Waals surface area contributed by atoms with Gasteiger partial charge in [-0.15, -0.1) is 0 Å². The van der Waals surface area contributed by atoms with Crippen molar-refractivity contribution in [2.75, 3.05) is 6.54 Å². The lowest BCUT2D eigenvalue weighted by Gasteiger charge is -2.44. The number of carbonyl (C=O) groups is 2. The lowest BCUT2D eigenvalue weighted by molar-refractivity contribution is -0.145. The van der Waals surface area contributed by atoms with Crippen molar-refractivity contribution in [1.29, 1.82) is 0 Å². The molecule has 2 heterocycles. The number of esters is 1. The highest BCUT2D eigenvalue weighted by molar-refractivity contribution is 8.14. The van der Waals surface area contributed by atoms with Crippen LogP contribution in [0.4, 0.5) is 0 Å². The quantitative estimate of drug-likeness (QED) is 0.789. The van der Waals surface area contributed by atoms with Crippen LogP contribution in [-0.2, 0) is 14.3 Å². The Labute approximate surface area is 150 Å². The van der Waals surface area contributed by atoms with Crippen molar-refractivity contribution in [3.05, 3.63) is 83.6 Å². The van der Waals surface area contributed by atoms with Gasteiger partial charge in [-0.2, -0.15) is 0 Å². The SMILES string of the molecule is O=C1C=C(C(=O)OC(c2ccccc2)c2ccccc2)N2CCC2S1. The number of fused-ring (bicyclic) bond motifs is 1. The van der Waals surface area contributed by atoms with E-state index in [4.69, 9.17) is 4.74 Å². The first-order valence-corrected chi connectivity index (χ1v) is 9.10. The standard InChI is InChI=1S/C20H17NO3S/c22-18-13-16(21-12-11-17(21)25-18)20(23)24-19(14-7-3-1-4-8-14)15-9-5-2-6-10-15/h1-10,13,17,19H,11-12H2. The lowest BCUT2D eigenvalue weighted by atomic mass is 10.0. The first-order valence-electron chi connectivity index (χ1n) is 8.22. The Morgan fingerprint density at radius 2 is 1.64 bits per heavy atom. The minimum absolute atomic E-state index is 0.0759. The summed E-state index contributed by atoms with van der Waals surface area (Å²) in [7, 11) is 0. The van der Waals surface area contributed by atoms with Gasteiger partial charge in [0, 0.05) is 12.6 Å². The fourth-order valence-electron chi connectivity index (χ4n) is 3.05. The molecule has 4 rings (SSSR count). The minimum Gasteiger partial charge on any atom is -0.448 e. The number of ether oxygens (including phenoxy) is 1. The van der Waals surface area contributed by atoms with Crippen molar-refractivity contribution in [2.24, 2.45) is 0 Å². The van der Waals surface area contributed by atoms with Gasteiger partial charge in [0.25, 0.3) is 0 Å². The molecule has 2 aromatic carbocycles. The van der Waals surface area contributed by atoms with Gasteiger partial charge >= 0.3 is 5.97 Å². The molecule has 0 bridgehead atoms. The van der Waals surface area contributed by atoms with E-state index in [0.717, 1.165) is 24.1 Å². The highest BCUT2D eigenvalue weighted by Crippen LogP contribution is 2.38. The molecular formula is C20H17NO3S. The second-order valence-electron chi connectivity index (χ2n) is 6.01. The van der Waals surface area contributed by atoms with E-state index >= 15 is 0 Å². The number of nitrogens with zero attached hydrogens (tertiary/aromatic N) is 1. The molecule has 5 heteroatoms. The number of thioether (sulfide) groups is 1. The molecular weight excluding hydrogens is 334 g/mol. The van der Waals surface area contributed by atoms with Crippen LogP contribution in [0.3, 0.4) is 0 Å². The van der Waals surface area contributed by atoms with E-state index in [1.54, 1.807) is 0 Å². The first kappa shape index (κ1) is 16.0. The lowest BCUT2D eigenvalue weighted by Crippen LogP contribution is -2.49. The van der Waals surface area contributed by atoms with Crippen molar-refractivity contribution < 1.29 is 14.3 Å². The fourth-order valence-corrected chi connectivity index (χ4v) is 4.07. The Balaban J connectivity index is 1.63. The average molecular weight is 351 g/mol. The molecule has 1 atom stereocenters. The summed E-state index contributed by atoms with van der Waals surface area (Å²) in [4.78, 5) is 26.6. The van der Waals surface area contributed by atoms with Gasteiger partial charge < -0.3 is 9.64 Å². The largest absolute Gasteiger partial charge is 0.448 e. The van der Waals surface area contributed by atoms with Gasteiger partial charge in [-0.1, -0.05) is 72.4 Å². The van der Waals surface area contributed by atoms with Gasteiger partial charge in [0.2, 0.25) is 5.12 Å². The predicted molar refractivity (Wildman–Crippen MR) is 96.6 cm³/mol. The van der Waals surface area contributed by atoms with Crippen LogP contribution in [0, 0.1) is 0 Å². The molecule has 2 aromatic rings. The number of hydrogen-bond acceptors (Lipinski definition) is 5. The van der Waals surface area contributed by atoms with Crippen LogP contribution in [0.5, 0.6) is 0 Å². The third kappa shape index (κ3) is 3.20. The van der Waals surface area contributed by atoms with Gasteiger partial charge in [0.1, 0.15) is 5.70 Å².